The first kappa shape index (κ1) is 11.7. The standard InChI is InChI=1S/C15H13NO3/c1-18-11-6-10(7-16-8-11)15(17)13-9-19-14-5-3-2-4-12(13)14/h2-9,15,17H,1H3. The third-order valence-electron chi connectivity index (χ3n) is 3.09. The normalized spacial score (nSPS) is 12.5. The molecule has 1 N–H and O–H groups in total. The van der Waals surface area contributed by atoms with Gasteiger partial charge in [0, 0.05) is 22.7 Å². The van der Waals surface area contributed by atoms with Crippen LogP contribution in [0.2, 0.25) is 0 Å². The molecule has 2 heterocycles. The number of benzene rings is 1. The molecule has 0 saturated heterocycles. The van der Waals surface area contributed by atoms with Crippen LogP contribution in [-0.2, 0) is 0 Å². The molecule has 2 aromatic heterocycles. The molecule has 0 radical (unpaired) electrons. The Morgan fingerprint density at radius 1 is 1.26 bits per heavy atom. The van der Waals surface area contributed by atoms with Gasteiger partial charge in [0.15, 0.2) is 0 Å². The van der Waals surface area contributed by atoms with E-state index in [1.165, 1.54) is 0 Å². The topological polar surface area (TPSA) is 55.5 Å². The molecule has 0 spiro atoms. The van der Waals surface area contributed by atoms with Crippen molar-refractivity contribution in [2.75, 3.05) is 7.11 Å². The molecule has 1 unspecified atom stereocenters. The van der Waals surface area contributed by atoms with Gasteiger partial charge in [0.1, 0.15) is 17.4 Å². The van der Waals surface area contributed by atoms with Gasteiger partial charge in [0.25, 0.3) is 0 Å². The summed E-state index contributed by atoms with van der Waals surface area (Å²) < 4.78 is 10.5. The number of aromatic nitrogens is 1. The number of hydrogen-bond acceptors (Lipinski definition) is 4. The van der Waals surface area contributed by atoms with Crippen molar-refractivity contribution in [3.8, 4) is 5.75 Å². The van der Waals surface area contributed by atoms with Gasteiger partial charge >= 0.3 is 0 Å². The summed E-state index contributed by atoms with van der Waals surface area (Å²) in [5, 5.41) is 11.3. The molecule has 3 aromatic rings. The number of para-hydroxylation sites is 1. The highest BCUT2D eigenvalue weighted by Gasteiger charge is 2.17. The summed E-state index contributed by atoms with van der Waals surface area (Å²) in [7, 11) is 1.57. The lowest BCUT2D eigenvalue weighted by Crippen LogP contribution is -2.00. The average Bonchev–Trinajstić information content (AvgIpc) is 2.90. The van der Waals surface area contributed by atoms with Crippen LogP contribution in [0.4, 0.5) is 0 Å². The van der Waals surface area contributed by atoms with E-state index < -0.39 is 6.10 Å². The van der Waals surface area contributed by atoms with Crippen molar-refractivity contribution in [3.63, 3.8) is 0 Å². The van der Waals surface area contributed by atoms with Crippen LogP contribution in [0.1, 0.15) is 17.2 Å². The van der Waals surface area contributed by atoms with Crippen LogP contribution in [-0.4, -0.2) is 17.2 Å². The molecule has 4 heteroatoms. The third-order valence-corrected chi connectivity index (χ3v) is 3.09. The van der Waals surface area contributed by atoms with Crippen LogP contribution in [0.15, 0.2) is 53.4 Å². The minimum absolute atomic E-state index is 0.615. The molecular formula is C15H13NO3. The Balaban J connectivity index is 2.05. The lowest BCUT2D eigenvalue weighted by Gasteiger charge is -2.10. The van der Waals surface area contributed by atoms with Crippen molar-refractivity contribution >= 4 is 11.0 Å². The number of furan rings is 1. The Morgan fingerprint density at radius 3 is 2.95 bits per heavy atom. The van der Waals surface area contributed by atoms with E-state index in [0.29, 0.717) is 11.3 Å². The Bertz CT molecular complexity index is 705. The van der Waals surface area contributed by atoms with E-state index in [1.54, 1.807) is 31.8 Å². The minimum Gasteiger partial charge on any atom is -0.495 e. The van der Waals surface area contributed by atoms with Crippen molar-refractivity contribution in [3.05, 3.63) is 60.1 Å². The van der Waals surface area contributed by atoms with E-state index in [2.05, 4.69) is 4.98 Å². The predicted molar refractivity (Wildman–Crippen MR) is 71.1 cm³/mol. The first-order valence-corrected chi connectivity index (χ1v) is 5.92. The van der Waals surface area contributed by atoms with Gasteiger partial charge in [-0.05, 0) is 12.1 Å². The van der Waals surface area contributed by atoms with Crippen molar-refractivity contribution in [2.24, 2.45) is 0 Å². The van der Waals surface area contributed by atoms with Crippen LogP contribution < -0.4 is 4.74 Å². The number of aliphatic hydroxyl groups is 1. The fraction of sp³-hybridized carbons (Fsp3) is 0.133. The number of ether oxygens (including phenoxy) is 1. The van der Waals surface area contributed by atoms with Crippen molar-refractivity contribution in [1.29, 1.82) is 0 Å². The summed E-state index contributed by atoms with van der Waals surface area (Å²) in [5.74, 6) is 0.615. The number of methoxy groups -OCH3 is 1. The zero-order chi connectivity index (χ0) is 13.2. The van der Waals surface area contributed by atoms with Gasteiger partial charge in [0.05, 0.1) is 19.6 Å². The fourth-order valence-corrected chi connectivity index (χ4v) is 2.09. The molecule has 19 heavy (non-hydrogen) atoms. The van der Waals surface area contributed by atoms with Crippen molar-refractivity contribution in [2.45, 2.75) is 6.10 Å². The molecule has 0 bridgehead atoms. The van der Waals surface area contributed by atoms with Gasteiger partial charge in [0.2, 0.25) is 0 Å². The smallest absolute Gasteiger partial charge is 0.137 e. The van der Waals surface area contributed by atoms with Gasteiger partial charge in [-0.25, -0.2) is 0 Å². The van der Waals surface area contributed by atoms with Crippen molar-refractivity contribution < 1.29 is 14.3 Å². The summed E-state index contributed by atoms with van der Waals surface area (Å²) in [5.41, 5.74) is 2.16. The Labute approximate surface area is 110 Å². The monoisotopic (exact) mass is 255 g/mol. The average molecular weight is 255 g/mol. The van der Waals surface area contributed by atoms with E-state index in [1.807, 2.05) is 24.3 Å². The lowest BCUT2D eigenvalue weighted by atomic mass is 10.0. The molecule has 96 valence electrons. The number of fused-ring (bicyclic) bond motifs is 1. The third kappa shape index (κ3) is 2.06. The molecule has 1 atom stereocenters. The summed E-state index contributed by atoms with van der Waals surface area (Å²) in [6.07, 6.45) is 4.01. The molecule has 0 aliphatic rings. The van der Waals surface area contributed by atoms with Gasteiger partial charge < -0.3 is 14.3 Å². The largest absolute Gasteiger partial charge is 0.495 e. The van der Waals surface area contributed by atoms with Gasteiger partial charge in [-0.2, -0.15) is 0 Å². The number of pyridine rings is 1. The van der Waals surface area contributed by atoms with E-state index in [-0.39, 0.29) is 0 Å². The van der Waals surface area contributed by atoms with E-state index >= 15 is 0 Å². The van der Waals surface area contributed by atoms with E-state index in [0.717, 1.165) is 16.5 Å². The number of nitrogens with zero attached hydrogens (tertiary/aromatic N) is 1. The molecule has 4 nitrogen and oxygen atoms in total. The summed E-state index contributed by atoms with van der Waals surface area (Å²) in [6.45, 7) is 0. The lowest BCUT2D eigenvalue weighted by molar-refractivity contribution is 0.219. The highest BCUT2D eigenvalue weighted by molar-refractivity contribution is 5.81. The van der Waals surface area contributed by atoms with Crippen LogP contribution in [0.25, 0.3) is 11.0 Å². The molecule has 3 rings (SSSR count). The van der Waals surface area contributed by atoms with Crippen LogP contribution in [0, 0.1) is 0 Å². The van der Waals surface area contributed by atoms with Crippen LogP contribution in [0.5, 0.6) is 5.75 Å². The van der Waals surface area contributed by atoms with Crippen molar-refractivity contribution in [1.82, 2.24) is 4.98 Å². The zero-order valence-corrected chi connectivity index (χ0v) is 10.4. The first-order valence-electron chi connectivity index (χ1n) is 5.92. The SMILES string of the molecule is COc1cncc(C(O)c2coc3ccccc23)c1. The van der Waals surface area contributed by atoms with E-state index in [9.17, 15) is 5.11 Å². The Hall–Kier alpha value is -2.33. The van der Waals surface area contributed by atoms with Gasteiger partial charge in [-0.15, -0.1) is 0 Å². The van der Waals surface area contributed by atoms with Gasteiger partial charge in [-0.1, -0.05) is 18.2 Å². The number of hydrogen-bond donors (Lipinski definition) is 1. The molecule has 0 amide bonds. The maximum atomic E-state index is 10.4. The fourth-order valence-electron chi connectivity index (χ4n) is 2.09. The minimum atomic E-state index is -0.786. The van der Waals surface area contributed by atoms with Crippen LogP contribution >= 0.6 is 0 Å². The predicted octanol–water partition coefficient (Wildman–Crippen LogP) is 2.92. The second-order valence-electron chi connectivity index (χ2n) is 4.25. The number of aliphatic hydroxyl groups excluding tert-OH is 1. The molecule has 0 fully saturated rings. The summed E-state index contributed by atoms with van der Waals surface area (Å²) in [6, 6.07) is 9.37. The Morgan fingerprint density at radius 2 is 2.11 bits per heavy atom. The maximum absolute atomic E-state index is 10.4. The Kier molecular flexibility index (Phi) is 2.93. The number of rotatable bonds is 3. The summed E-state index contributed by atoms with van der Waals surface area (Å²) >= 11 is 0. The molecular weight excluding hydrogens is 242 g/mol. The highest BCUT2D eigenvalue weighted by Crippen LogP contribution is 2.31. The van der Waals surface area contributed by atoms with E-state index in [4.69, 9.17) is 9.15 Å². The first-order chi connectivity index (χ1) is 9.29. The highest BCUT2D eigenvalue weighted by atomic mass is 16.5. The second kappa shape index (κ2) is 4.74. The quantitative estimate of drug-likeness (QED) is 0.781. The summed E-state index contributed by atoms with van der Waals surface area (Å²) in [4.78, 5) is 4.05. The molecule has 1 aromatic carbocycles. The maximum Gasteiger partial charge on any atom is 0.137 e. The molecule has 0 aliphatic carbocycles. The van der Waals surface area contributed by atoms with Gasteiger partial charge in [-0.3, -0.25) is 4.98 Å². The molecule has 0 saturated carbocycles. The zero-order valence-electron chi connectivity index (χ0n) is 10.4. The second-order valence-corrected chi connectivity index (χ2v) is 4.25. The molecule has 0 aliphatic heterocycles. The van der Waals surface area contributed by atoms with Crippen LogP contribution in [0.3, 0.4) is 0 Å².